The zero-order valence-corrected chi connectivity index (χ0v) is 13.5. The van der Waals surface area contributed by atoms with Crippen molar-refractivity contribution in [3.05, 3.63) is 54.4 Å². The molecule has 1 atom stereocenters. The second-order valence-corrected chi connectivity index (χ2v) is 6.35. The summed E-state index contributed by atoms with van der Waals surface area (Å²) in [6.45, 7) is 0. The molecule has 0 saturated heterocycles. The Bertz CT molecular complexity index is 586. The van der Waals surface area contributed by atoms with Gasteiger partial charge in [-0.25, -0.2) is 0 Å². The van der Waals surface area contributed by atoms with Gasteiger partial charge >= 0.3 is 0 Å². The minimum absolute atomic E-state index is 0.0467. The molecule has 4 heteroatoms. The van der Waals surface area contributed by atoms with Crippen LogP contribution in [0, 0.1) is 0 Å². The molecule has 0 bridgehead atoms. The third kappa shape index (κ3) is 4.21. The highest BCUT2D eigenvalue weighted by Gasteiger charge is 2.25. The van der Waals surface area contributed by atoms with Crippen LogP contribution in [-0.4, -0.2) is 21.7 Å². The maximum absolute atomic E-state index is 12.9. The van der Waals surface area contributed by atoms with Crippen LogP contribution in [0.3, 0.4) is 0 Å². The first kappa shape index (κ1) is 15.8. The lowest BCUT2D eigenvalue weighted by molar-refractivity contribution is -0.124. The average Bonchev–Trinajstić information content (AvgIpc) is 3.05. The Morgan fingerprint density at radius 1 is 1.04 bits per heavy atom. The Labute approximate surface area is 137 Å². The van der Waals surface area contributed by atoms with E-state index in [1.807, 2.05) is 42.6 Å². The van der Waals surface area contributed by atoms with Gasteiger partial charge in [-0.1, -0.05) is 62.4 Å². The van der Waals surface area contributed by atoms with E-state index in [2.05, 4.69) is 10.4 Å². The number of amides is 1. The summed E-state index contributed by atoms with van der Waals surface area (Å²) >= 11 is 0. The molecule has 1 fully saturated rings. The van der Waals surface area contributed by atoms with Gasteiger partial charge in [-0.15, -0.1) is 0 Å². The zero-order chi connectivity index (χ0) is 15.9. The Hall–Kier alpha value is -2.10. The molecule has 1 N–H and O–H groups in total. The molecule has 1 saturated carbocycles. The molecular weight excluding hydrogens is 286 g/mol. The molecule has 122 valence electrons. The summed E-state index contributed by atoms with van der Waals surface area (Å²) < 4.78 is 1.74. The first-order valence-electron chi connectivity index (χ1n) is 8.69. The van der Waals surface area contributed by atoms with E-state index in [-0.39, 0.29) is 5.91 Å². The molecule has 3 rings (SSSR count). The molecular formula is C19H25N3O. The predicted octanol–water partition coefficient (Wildman–Crippen LogP) is 3.70. The first-order valence-corrected chi connectivity index (χ1v) is 8.69. The molecule has 0 radical (unpaired) electrons. The van der Waals surface area contributed by atoms with Gasteiger partial charge in [0.2, 0.25) is 5.91 Å². The van der Waals surface area contributed by atoms with Gasteiger partial charge < -0.3 is 5.32 Å². The number of rotatable bonds is 4. The summed E-state index contributed by atoms with van der Waals surface area (Å²) in [5.74, 6) is 0.0467. The fraction of sp³-hybridized carbons (Fsp3) is 0.474. The smallest absolute Gasteiger partial charge is 0.249 e. The lowest BCUT2D eigenvalue weighted by atomic mass is 9.96. The fourth-order valence-corrected chi connectivity index (χ4v) is 3.37. The molecule has 0 unspecified atom stereocenters. The number of carbonyl (C=O) groups is 1. The van der Waals surface area contributed by atoms with Crippen molar-refractivity contribution in [3.8, 4) is 0 Å². The zero-order valence-electron chi connectivity index (χ0n) is 13.5. The Morgan fingerprint density at radius 3 is 2.39 bits per heavy atom. The molecule has 1 heterocycles. The standard InChI is InChI=1S/C19H25N3O/c23-19(21-17-12-7-2-1-3-8-13-17)18(22-15-9-14-20-22)16-10-5-4-6-11-16/h4-6,9-11,14-15,17-18H,1-3,7-8,12-13H2,(H,21,23)/t18-/m0/s1. The van der Waals surface area contributed by atoms with E-state index < -0.39 is 6.04 Å². The van der Waals surface area contributed by atoms with Crippen molar-refractivity contribution in [2.45, 2.75) is 57.0 Å². The fourth-order valence-electron chi connectivity index (χ4n) is 3.37. The van der Waals surface area contributed by atoms with Crippen LogP contribution in [0.15, 0.2) is 48.8 Å². The lowest BCUT2D eigenvalue weighted by Gasteiger charge is -2.24. The van der Waals surface area contributed by atoms with Crippen LogP contribution in [-0.2, 0) is 4.79 Å². The average molecular weight is 311 g/mol. The number of hydrogen-bond donors (Lipinski definition) is 1. The van der Waals surface area contributed by atoms with Gasteiger partial charge in [0.05, 0.1) is 0 Å². The monoisotopic (exact) mass is 311 g/mol. The van der Waals surface area contributed by atoms with Gasteiger partial charge in [0.15, 0.2) is 6.04 Å². The molecule has 0 aliphatic heterocycles. The van der Waals surface area contributed by atoms with Crippen LogP contribution < -0.4 is 5.32 Å². The van der Waals surface area contributed by atoms with Gasteiger partial charge in [-0.3, -0.25) is 9.48 Å². The highest BCUT2D eigenvalue weighted by atomic mass is 16.2. The molecule has 1 aliphatic carbocycles. The maximum atomic E-state index is 12.9. The van der Waals surface area contributed by atoms with Crippen molar-refractivity contribution in [2.24, 2.45) is 0 Å². The van der Waals surface area contributed by atoms with Gasteiger partial charge in [0.25, 0.3) is 0 Å². The summed E-state index contributed by atoms with van der Waals surface area (Å²) in [7, 11) is 0. The lowest BCUT2D eigenvalue weighted by Crippen LogP contribution is -2.40. The van der Waals surface area contributed by atoms with Crippen LogP contribution in [0.1, 0.15) is 56.6 Å². The van der Waals surface area contributed by atoms with E-state index >= 15 is 0 Å². The summed E-state index contributed by atoms with van der Waals surface area (Å²) in [6.07, 6.45) is 12.1. The summed E-state index contributed by atoms with van der Waals surface area (Å²) in [5.41, 5.74) is 0.972. The minimum atomic E-state index is -0.392. The summed E-state index contributed by atoms with van der Waals surface area (Å²) in [4.78, 5) is 12.9. The van der Waals surface area contributed by atoms with Crippen molar-refractivity contribution in [3.63, 3.8) is 0 Å². The van der Waals surface area contributed by atoms with Crippen LogP contribution in [0.5, 0.6) is 0 Å². The minimum Gasteiger partial charge on any atom is -0.351 e. The topological polar surface area (TPSA) is 46.9 Å². The quantitative estimate of drug-likeness (QED) is 0.936. The number of carbonyl (C=O) groups excluding carboxylic acids is 1. The van der Waals surface area contributed by atoms with E-state index in [0.29, 0.717) is 6.04 Å². The number of nitrogens with one attached hydrogen (secondary N) is 1. The second kappa shape index (κ2) is 7.95. The normalized spacial score (nSPS) is 17.9. The molecule has 0 spiro atoms. The maximum Gasteiger partial charge on any atom is 0.249 e. The van der Waals surface area contributed by atoms with E-state index in [1.165, 1.54) is 32.1 Å². The van der Waals surface area contributed by atoms with Crippen molar-refractivity contribution in [1.82, 2.24) is 15.1 Å². The van der Waals surface area contributed by atoms with Crippen molar-refractivity contribution >= 4 is 5.91 Å². The third-order valence-corrected chi connectivity index (χ3v) is 4.60. The van der Waals surface area contributed by atoms with E-state index in [0.717, 1.165) is 18.4 Å². The van der Waals surface area contributed by atoms with Crippen LogP contribution in [0.25, 0.3) is 0 Å². The van der Waals surface area contributed by atoms with Gasteiger partial charge in [0.1, 0.15) is 0 Å². The van der Waals surface area contributed by atoms with E-state index in [1.54, 1.807) is 10.9 Å². The van der Waals surface area contributed by atoms with E-state index in [9.17, 15) is 4.79 Å². The Kier molecular flexibility index (Phi) is 5.46. The van der Waals surface area contributed by atoms with Crippen molar-refractivity contribution < 1.29 is 4.79 Å². The Morgan fingerprint density at radius 2 is 1.74 bits per heavy atom. The van der Waals surface area contributed by atoms with Crippen LogP contribution in [0.2, 0.25) is 0 Å². The molecule has 1 aromatic carbocycles. The SMILES string of the molecule is O=C(NC1CCCCCCC1)[C@H](c1ccccc1)n1cccn1. The molecule has 23 heavy (non-hydrogen) atoms. The number of nitrogens with zero attached hydrogens (tertiary/aromatic N) is 2. The third-order valence-electron chi connectivity index (χ3n) is 4.60. The molecule has 1 aliphatic rings. The molecule has 4 nitrogen and oxygen atoms in total. The molecule has 1 aromatic heterocycles. The van der Waals surface area contributed by atoms with Crippen molar-refractivity contribution in [2.75, 3.05) is 0 Å². The number of hydrogen-bond acceptors (Lipinski definition) is 2. The molecule has 1 amide bonds. The first-order chi connectivity index (χ1) is 11.3. The number of aromatic nitrogens is 2. The highest BCUT2D eigenvalue weighted by molar-refractivity contribution is 5.83. The van der Waals surface area contributed by atoms with Gasteiger partial charge in [-0.05, 0) is 24.5 Å². The summed E-state index contributed by atoms with van der Waals surface area (Å²) in [5, 5.41) is 7.57. The highest BCUT2D eigenvalue weighted by Crippen LogP contribution is 2.21. The van der Waals surface area contributed by atoms with E-state index in [4.69, 9.17) is 0 Å². The second-order valence-electron chi connectivity index (χ2n) is 6.35. The Balaban J connectivity index is 1.75. The molecule has 2 aromatic rings. The largest absolute Gasteiger partial charge is 0.351 e. The predicted molar refractivity (Wildman–Crippen MR) is 91.1 cm³/mol. The van der Waals surface area contributed by atoms with Gasteiger partial charge in [-0.2, -0.15) is 5.10 Å². The van der Waals surface area contributed by atoms with Gasteiger partial charge in [0, 0.05) is 18.4 Å². The number of benzene rings is 1. The van der Waals surface area contributed by atoms with Crippen LogP contribution in [0.4, 0.5) is 0 Å². The van der Waals surface area contributed by atoms with Crippen LogP contribution >= 0.6 is 0 Å². The van der Waals surface area contributed by atoms with Crippen molar-refractivity contribution in [1.29, 1.82) is 0 Å². The summed E-state index contributed by atoms with van der Waals surface area (Å²) in [6, 6.07) is 11.6.